The highest BCUT2D eigenvalue weighted by Crippen LogP contribution is 2.21. The number of anilines is 1. The van der Waals surface area contributed by atoms with Gasteiger partial charge in [-0.2, -0.15) is 9.50 Å². The van der Waals surface area contributed by atoms with E-state index in [1.807, 2.05) is 23.6 Å². The van der Waals surface area contributed by atoms with E-state index in [-0.39, 0.29) is 0 Å². The van der Waals surface area contributed by atoms with Crippen LogP contribution in [0, 0.1) is 6.92 Å². The molecular formula is C17H21N7. The maximum atomic E-state index is 4.69. The lowest BCUT2D eigenvalue weighted by atomic mass is 10.3. The summed E-state index contributed by atoms with van der Waals surface area (Å²) in [4.78, 5) is 18.1. The normalized spacial score (nSPS) is 16.0. The molecule has 1 saturated heterocycles. The molecule has 0 unspecified atom stereocenters. The van der Waals surface area contributed by atoms with Crippen molar-refractivity contribution in [2.75, 3.05) is 37.6 Å². The van der Waals surface area contributed by atoms with E-state index in [0.717, 1.165) is 49.8 Å². The standard InChI is InChI=1S/C17H21N7/c1-3-22-7-9-23(10-8-22)15-11-13(2)19-17-20-16(21-24(15)17)14-5-4-6-18-12-14/h4-6,11-12H,3,7-10H2,1-2H3. The molecule has 3 aromatic heterocycles. The fourth-order valence-electron chi connectivity index (χ4n) is 3.10. The number of fused-ring (bicyclic) bond motifs is 1. The summed E-state index contributed by atoms with van der Waals surface area (Å²) in [6, 6.07) is 5.95. The molecule has 7 nitrogen and oxygen atoms in total. The molecular weight excluding hydrogens is 302 g/mol. The summed E-state index contributed by atoms with van der Waals surface area (Å²) in [7, 11) is 0. The maximum Gasteiger partial charge on any atom is 0.254 e. The number of hydrogen-bond donors (Lipinski definition) is 0. The Kier molecular flexibility index (Phi) is 3.86. The van der Waals surface area contributed by atoms with E-state index in [4.69, 9.17) is 0 Å². The molecule has 3 aromatic rings. The zero-order valence-corrected chi connectivity index (χ0v) is 14.1. The fourth-order valence-corrected chi connectivity index (χ4v) is 3.10. The molecule has 7 heteroatoms. The first-order valence-electron chi connectivity index (χ1n) is 8.36. The van der Waals surface area contributed by atoms with Gasteiger partial charge in [0.25, 0.3) is 5.78 Å². The predicted octanol–water partition coefficient (Wildman–Crippen LogP) is 1.64. The quantitative estimate of drug-likeness (QED) is 0.730. The molecule has 124 valence electrons. The summed E-state index contributed by atoms with van der Waals surface area (Å²) in [5, 5.41) is 4.69. The Morgan fingerprint density at radius 3 is 2.67 bits per heavy atom. The third-order valence-electron chi connectivity index (χ3n) is 4.48. The molecule has 0 N–H and O–H groups in total. The van der Waals surface area contributed by atoms with Crippen molar-refractivity contribution in [3.63, 3.8) is 0 Å². The molecule has 4 heterocycles. The number of aryl methyl sites for hydroxylation is 1. The first kappa shape index (κ1) is 15.0. The molecule has 0 atom stereocenters. The average Bonchev–Trinajstić information content (AvgIpc) is 3.06. The van der Waals surface area contributed by atoms with Crippen molar-refractivity contribution in [3.8, 4) is 11.4 Å². The van der Waals surface area contributed by atoms with Crippen LogP contribution in [0.25, 0.3) is 17.2 Å². The Morgan fingerprint density at radius 1 is 1.12 bits per heavy atom. The van der Waals surface area contributed by atoms with Crippen LogP contribution in [0.2, 0.25) is 0 Å². The topological polar surface area (TPSA) is 62.5 Å². The van der Waals surface area contributed by atoms with Crippen LogP contribution in [0.4, 0.5) is 5.82 Å². The SMILES string of the molecule is CCN1CCN(c2cc(C)nc3nc(-c4cccnc4)nn23)CC1. The van der Waals surface area contributed by atoms with Gasteiger partial charge in [0.05, 0.1) is 0 Å². The average molecular weight is 323 g/mol. The number of likely N-dealkylation sites (N-methyl/N-ethyl adjacent to an activating group) is 1. The monoisotopic (exact) mass is 323 g/mol. The van der Waals surface area contributed by atoms with E-state index in [9.17, 15) is 0 Å². The number of pyridine rings is 1. The first-order valence-corrected chi connectivity index (χ1v) is 8.36. The summed E-state index contributed by atoms with van der Waals surface area (Å²) in [5.41, 5.74) is 1.86. The predicted molar refractivity (Wildman–Crippen MR) is 93.1 cm³/mol. The third-order valence-corrected chi connectivity index (χ3v) is 4.48. The summed E-state index contributed by atoms with van der Waals surface area (Å²) in [6.45, 7) is 9.45. The van der Waals surface area contributed by atoms with Crippen LogP contribution in [0.15, 0.2) is 30.6 Å². The van der Waals surface area contributed by atoms with Gasteiger partial charge in [-0.15, -0.1) is 5.10 Å². The molecule has 0 spiro atoms. The highest BCUT2D eigenvalue weighted by atomic mass is 15.4. The molecule has 1 fully saturated rings. The Balaban J connectivity index is 1.74. The van der Waals surface area contributed by atoms with Crippen LogP contribution in [-0.2, 0) is 0 Å². The van der Waals surface area contributed by atoms with Crippen LogP contribution in [0.3, 0.4) is 0 Å². The largest absolute Gasteiger partial charge is 0.354 e. The van der Waals surface area contributed by atoms with Crippen molar-refractivity contribution in [1.29, 1.82) is 0 Å². The van der Waals surface area contributed by atoms with Crippen LogP contribution in [0.5, 0.6) is 0 Å². The second-order valence-electron chi connectivity index (χ2n) is 6.07. The van der Waals surface area contributed by atoms with Crippen molar-refractivity contribution in [3.05, 3.63) is 36.3 Å². The molecule has 0 amide bonds. The van der Waals surface area contributed by atoms with E-state index in [1.54, 1.807) is 12.4 Å². The van der Waals surface area contributed by atoms with Gasteiger partial charge in [-0.1, -0.05) is 6.92 Å². The number of rotatable bonds is 3. The lowest BCUT2D eigenvalue weighted by Crippen LogP contribution is -2.46. The number of hydrogen-bond acceptors (Lipinski definition) is 6. The molecule has 24 heavy (non-hydrogen) atoms. The van der Waals surface area contributed by atoms with Gasteiger partial charge in [0.1, 0.15) is 5.82 Å². The van der Waals surface area contributed by atoms with Crippen LogP contribution in [0.1, 0.15) is 12.6 Å². The fraction of sp³-hybridized carbons (Fsp3) is 0.412. The van der Waals surface area contributed by atoms with Gasteiger partial charge in [-0.3, -0.25) is 4.98 Å². The molecule has 0 aromatic carbocycles. The molecule has 0 radical (unpaired) electrons. The second-order valence-corrected chi connectivity index (χ2v) is 6.07. The zero-order valence-electron chi connectivity index (χ0n) is 14.1. The van der Waals surface area contributed by atoms with Crippen molar-refractivity contribution in [2.45, 2.75) is 13.8 Å². The number of piperazine rings is 1. The zero-order chi connectivity index (χ0) is 16.5. The highest BCUT2D eigenvalue weighted by molar-refractivity contribution is 5.58. The Morgan fingerprint density at radius 2 is 1.96 bits per heavy atom. The number of aromatic nitrogens is 5. The smallest absolute Gasteiger partial charge is 0.254 e. The highest BCUT2D eigenvalue weighted by Gasteiger charge is 2.20. The van der Waals surface area contributed by atoms with Gasteiger partial charge in [0, 0.05) is 55.9 Å². The van der Waals surface area contributed by atoms with E-state index in [0.29, 0.717) is 11.6 Å². The van der Waals surface area contributed by atoms with Gasteiger partial charge >= 0.3 is 0 Å². The minimum Gasteiger partial charge on any atom is -0.354 e. The van der Waals surface area contributed by atoms with Crippen LogP contribution < -0.4 is 4.90 Å². The summed E-state index contributed by atoms with van der Waals surface area (Å²) >= 11 is 0. The minimum atomic E-state index is 0.641. The Hall–Kier alpha value is -2.54. The Labute approximate surface area is 141 Å². The maximum absolute atomic E-state index is 4.69. The summed E-state index contributed by atoms with van der Waals surface area (Å²) in [6.07, 6.45) is 3.53. The van der Waals surface area contributed by atoms with Crippen molar-refractivity contribution in [1.82, 2.24) is 29.5 Å². The summed E-state index contributed by atoms with van der Waals surface area (Å²) < 4.78 is 1.86. The lowest BCUT2D eigenvalue weighted by molar-refractivity contribution is 0.270. The molecule has 1 aliphatic heterocycles. The van der Waals surface area contributed by atoms with Gasteiger partial charge < -0.3 is 9.80 Å². The minimum absolute atomic E-state index is 0.641. The van der Waals surface area contributed by atoms with E-state index in [2.05, 4.69) is 42.8 Å². The van der Waals surface area contributed by atoms with Crippen LogP contribution in [-0.4, -0.2) is 62.2 Å². The molecule has 0 bridgehead atoms. The number of nitrogens with zero attached hydrogens (tertiary/aromatic N) is 7. The van der Waals surface area contributed by atoms with E-state index in [1.165, 1.54) is 0 Å². The Bertz CT molecular complexity index is 835. The van der Waals surface area contributed by atoms with Gasteiger partial charge in [0.15, 0.2) is 5.82 Å². The van der Waals surface area contributed by atoms with Crippen molar-refractivity contribution >= 4 is 11.6 Å². The van der Waals surface area contributed by atoms with E-state index >= 15 is 0 Å². The van der Waals surface area contributed by atoms with Crippen molar-refractivity contribution in [2.24, 2.45) is 0 Å². The summed E-state index contributed by atoms with van der Waals surface area (Å²) in [5.74, 6) is 2.37. The van der Waals surface area contributed by atoms with Gasteiger partial charge in [-0.05, 0) is 25.6 Å². The van der Waals surface area contributed by atoms with Gasteiger partial charge in [-0.25, -0.2) is 4.98 Å². The lowest BCUT2D eigenvalue weighted by Gasteiger charge is -2.35. The molecule has 0 aliphatic carbocycles. The van der Waals surface area contributed by atoms with E-state index < -0.39 is 0 Å². The molecule has 1 aliphatic rings. The molecule has 0 saturated carbocycles. The molecule has 4 rings (SSSR count). The first-order chi connectivity index (χ1) is 11.7. The van der Waals surface area contributed by atoms with Gasteiger partial charge in [0.2, 0.25) is 0 Å². The third kappa shape index (κ3) is 2.71. The van der Waals surface area contributed by atoms with Crippen LogP contribution >= 0.6 is 0 Å². The van der Waals surface area contributed by atoms with Crippen molar-refractivity contribution < 1.29 is 0 Å². The second kappa shape index (κ2) is 6.16.